The van der Waals surface area contributed by atoms with Crippen LogP contribution in [0.2, 0.25) is 0 Å². The second kappa shape index (κ2) is 13.1. The Labute approximate surface area is 178 Å². The lowest BCUT2D eigenvalue weighted by atomic mass is 10.3. The predicted octanol–water partition coefficient (Wildman–Crippen LogP) is 2.53. The lowest BCUT2D eigenvalue weighted by molar-refractivity contribution is -0.142. The molecular formula is C15H15N7O6S2. The number of methoxy groups -OCH3 is 2. The minimum absolute atomic E-state index is 0.0597. The monoisotopic (exact) mass is 453 g/mol. The molecule has 0 bridgehead atoms. The topological polar surface area (TPSA) is 197 Å². The van der Waals surface area contributed by atoms with Crippen molar-refractivity contribution in [3.05, 3.63) is 50.5 Å². The number of hydrogen-bond acceptors (Lipinski definition) is 11. The fourth-order valence-corrected chi connectivity index (χ4v) is 3.36. The van der Waals surface area contributed by atoms with E-state index in [1.165, 1.54) is 18.2 Å². The van der Waals surface area contributed by atoms with Crippen LogP contribution >= 0.6 is 23.5 Å². The molecule has 2 atom stereocenters. The van der Waals surface area contributed by atoms with Crippen molar-refractivity contribution in [1.82, 2.24) is 4.98 Å². The molecule has 1 heterocycles. The van der Waals surface area contributed by atoms with E-state index in [1.54, 1.807) is 0 Å². The van der Waals surface area contributed by atoms with Gasteiger partial charge in [-0.25, -0.2) is 4.98 Å². The van der Waals surface area contributed by atoms with Crippen LogP contribution in [0.5, 0.6) is 0 Å². The summed E-state index contributed by atoms with van der Waals surface area (Å²) in [5.41, 5.74) is 16.8. The van der Waals surface area contributed by atoms with E-state index in [9.17, 15) is 19.2 Å². The first-order valence-electron chi connectivity index (χ1n) is 7.93. The highest BCUT2D eigenvalue weighted by Crippen LogP contribution is 2.18. The zero-order chi connectivity index (χ0) is 22.5. The van der Waals surface area contributed by atoms with E-state index >= 15 is 0 Å². The van der Waals surface area contributed by atoms with Crippen LogP contribution in [-0.4, -0.2) is 65.0 Å². The van der Waals surface area contributed by atoms with Crippen molar-refractivity contribution >= 4 is 45.7 Å². The van der Waals surface area contributed by atoms with E-state index in [1.807, 2.05) is 0 Å². The number of carbonyl (C=O) groups excluding carboxylic acids is 4. The van der Waals surface area contributed by atoms with Gasteiger partial charge in [-0.3, -0.25) is 19.2 Å². The summed E-state index contributed by atoms with van der Waals surface area (Å²) in [7, 11) is 2.24. The molecule has 0 radical (unpaired) electrons. The zero-order valence-corrected chi connectivity index (χ0v) is 17.3. The van der Waals surface area contributed by atoms with Gasteiger partial charge >= 0.3 is 11.9 Å². The van der Waals surface area contributed by atoms with Crippen LogP contribution in [0.15, 0.2) is 28.4 Å². The lowest BCUT2D eigenvalue weighted by Crippen LogP contribution is -2.23. The van der Waals surface area contributed by atoms with E-state index in [2.05, 4.69) is 34.5 Å². The van der Waals surface area contributed by atoms with Crippen molar-refractivity contribution < 1.29 is 28.7 Å². The summed E-state index contributed by atoms with van der Waals surface area (Å²) in [5, 5.41) is 5.42. The molecule has 158 valence electrons. The molecule has 15 heteroatoms. The fraction of sp³-hybridized carbons (Fsp3) is 0.400. The quantitative estimate of drug-likeness (QED) is 0.221. The van der Waals surface area contributed by atoms with Gasteiger partial charge in [-0.05, 0) is 23.2 Å². The molecule has 0 aliphatic heterocycles. The number of nitrogens with zero attached hydrogens (tertiary/aromatic N) is 7. The average molecular weight is 453 g/mol. The van der Waals surface area contributed by atoms with E-state index < -0.39 is 34.3 Å². The van der Waals surface area contributed by atoms with Crippen molar-refractivity contribution in [1.29, 1.82) is 0 Å². The number of pyridine rings is 1. The Kier molecular flexibility index (Phi) is 10.8. The van der Waals surface area contributed by atoms with Crippen molar-refractivity contribution in [2.24, 2.45) is 10.2 Å². The van der Waals surface area contributed by atoms with Gasteiger partial charge in [-0.1, -0.05) is 39.8 Å². The van der Waals surface area contributed by atoms with Gasteiger partial charge in [0, 0.05) is 21.3 Å². The summed E-state index contributed by atoms with van der Waals surface area (Å²) in [6, 6.07) is 1.80. The maximum absolute atomic E-state index is 12.3. The minimum atomic E-state index is -1.19. The van der Waals surface area contributed by atoms with Crippen molar-refractivity contribution in [2.45, 2.75) is 12.1 Å². The van der Waals surface area contributed by atoms with E-state index in [0.717, 1.165) is 14.2 Å². The van der Waals surface area contributed by atoms with Gasteiger partial charge in [-0.15, -0.1) is 0 Å². The Hall–Kier alpha value is -3.25. The molecule has 0 aromatic carbocycles. The molecule has 1 aromatic heterocycles. The van der Waals surface area contributed by atoms with Gasteiger partial charge in [0.1, 0.15) is 23.5 Å². The number of azide groups is 2. The van der Waals surface area contributed by atoms with Crippen LogP contribution in [0.3, 0.4) is 0 Å². The second-order valence-corrected chi connectivity index (χ2v) is 7.08. The summed E-state index contributed by atoms with van der Waals surface area (Å²) in [6.45, 7) is 0. The number of hydrogen-bond donors (Lipinski definition) is 0. The normalized spacial score (nSPS) is 11.8. The van der Waals surface area contributed by atoms with Gasteiger partial charge in [0.15, 0.2) is 0 Å². The first kappa shape index (κ1) is 24.8. The SMILES string of the molecule is COC(=O)[C@H](CSC(=O)c1cccc(C(=O)SC[C@H](N=[N+]=[N-])C(=O)OC)n1)N=[N+]=[N-]. The molecule has 30 heavy (non-hydrogen) atoms. The van der Waals surface area contributed by atoms with Crippen LogP contribution < -0.4 is 0 Å². The van der Waals surface area contributed by atoms with Crippen molar-refractivity contribution in [2.75, 3.05) is 25.7 Å². The highest BCUT2D eigenvalue weighted by molar-refractivity contribution is 8.14. The van der Waals surface area contributed by atoms with Gasteiger partial charge in [0.05, 0.1) is 14.2 Å². The van der Waals surface area contributed by atoms with Gasteiger partial charge in [0.25, 0.3) is 0 Å². The van der Waals surface area contributed by atoms with Crippen molar-refractivity contribution in [3.8, 4) is 0 Å². The van der Waals surface area contributed by atoms with E-state index in [-0.39, 0.29) is 22.9 Å². The Morgan fingerprint density at radius 2 is 1.33 bits per heavy atom. The third kappa shape index (κ3) is 7.64. The number of carbonyl (C=O) groups is 4. The second-order valence-electron chi connectivity index (χ2n) is 5.09. The molecule has 13 nitrogen and oxygen atoms in total. The molecule has 0 unspecified atom stereocenters. The van der Waals surface area contributed by atoms with E-state index in [4.69, 9.17) is 11.1 Å². The summed E-state index contributed by atoms with van der Waals surface area (Å²) in [4.78, 5) is 56.6. The summed E-state index contributed by atoms with van der Waals surface area (Å²) in [5.74, 6) is -1.92. The number of esters is 2. The third-order valence-corrected chi connectivity index (χ3v) is 5.15. The number of aromatic nitrogens is 1. The Balaban J connectivity index is 2.81. The summed E-state index contributed by atoms with van der Waals surface area (Å²) < 4.78 is 8.98. The maximum atomic E-state index is 12.3. The molecule has 0 aliphatic carbocycles. The maximum Gasteiger partial charge on any atom is 0.315 e. The molecule has 1 aromatic rings. The molecule has 0 N–H and O–H groups in total. The number of thioether (sulfide) groups is 2. The molecule has 0 amide bonds. The smallest absolute Gasteiger partial charge is 0.315 e. The molecule has 0 saturated carbocycles. The Morgan fingerprint density at radius 3 is 1.67 bits per heavy atom. The largest absolute Gasteiger partial charge is 0.469 e. The first-order chi connectivity index (χ1) is 14.4. The Morgan fingerprint density at radius 1 is 0.933 bits per heavy atom. The van der Waals surface area contributed by atoms with Crippen LogP contribution in [0, 0.1) is 0 Å². The van der Waals surface area contributed by atoms with Crippen LogP contribution in [-0.2, 0) is 19.1 Å². The molecule has 0 fully saturated rings. The minimum Gasteiger partial charge on any atom is -0.469 e. The summed E-state index contributed by atoms with van der Waals surface area (Å²) >= 11 is 1.34. The summed E-state index contributed by atoms with van der Waals surface area (Å²) in [6.07, 6.45) is 0. The highest BCUT2D eigenvalue weighted by Gasteiger charge is 2.22. The number of rotatable bonds is 10. The van der Waals surface area contributed by atoms with Crippen molar-refractivity contribution in [3.63, 3.8) is 0 Å². The Bertz CT molecular complexity index is 845. The molecule has 1 rings (SSSR count). The zero-order valence-electron chi connectivity index (χ0n) is 15.7. The van der Waals surface area contributed by atoms with Crippen LogP contribution in [0.25, 0.3) is 20.9 Å². The van der Waals surface area contributed by atoms with Gasteiger partial charge in [-0.2, -0.15) is 0 Å². The molecule has 0 saturated heterocycles. The first-order valence-corrected chi connectivity index (χ1v) is 9.90. The van der Waals surface area contributed by atoms with Crippen LogP contribution in [0.1, 0.15) is 21.0 Å². The molecule has 0 spiro atoms. The van der Waals surface area contributed by atoms with E-state index in [0.29, 0.717) is 23.5 Å². The molecule has 0 aliphatic rings. The number of ether oxygens (including phenoxy) is 2. The third-order valence-electron chi connectivity index (χ3n) is 3.24. The highest BCUT2D eigenvalue weighted by atomic mass is 32.2. The van der Waals surface area contributed by atoms with Crippen LogP contribution in [0.4, 0.5) is 0 Å². The average Bonchev–Trinajstić information content (AvgIpc) is 2.77. The lowest BCUT2D eigenvalue weighted by Gasteiger charge is -2.08. The van der Waals surface area contributed by atoms with Gasteiger partial charge in [0.2, 0.25) is 10.2 Å². The van der Waals surface area contributed by atoms with Gasteiger partial charge < -0.3 is 9.47 Å². The standard InChI is InChI=1S/C15H15N7O6S2/c1-27-12(23)10(19-21-16)6-29-14(25)8-4-3-5-9(18-8)15(26)30-7-11(20-22-17)13(24)28-2/h3-5,10-11H,6-7H2,1-2H3/t10-,11-/m0/s1. The fourth-order valence-electron chi connectivity index (χ4n) is 1.81. The molecular weight excluding hydrogens is 438 g/mol. The predicted molar refractivity (Wildman–Crippen MR) is 108 cm³/mol.